The van der Waals surface area contributed by atoms with Crippen molar-refractivity contribution in [3.63, 3.8) is 0 Å². The molecule has 1 aliphatic rings. The van der Waals surface area contributed by atoms with E-state index in [4.69, 9.17) is 4.42 Å². The summed E-state index contributed by atoms with van der Waals surface area (Å²) in [6, 6.07) is 9.91. The lowest BCUT2D eigenvalue weighted by molar-refractivity contribution is -0.384. The minimum absolute atomic E-state index is 0.00156. The molecule has 1 saturated heterocycles. The maximum Gasteiger partial charge on any atom is 0.281 e. The van der Waals surface area contributed by atoms with Gasteiger partial charge in [0.15, 0.2) is 5.88 Å². The van der Waals surface area contributed by atoms with Gasteiger partial charge in [-0.3, -0.25) is 14.9 Å². The molecule has 9 heteroatoms. The molecule has 3 heterocycles. The minimum Gasteiger partial charge on any atom is -0.440 e. The summed E-state index contributed by atoms with van der Waals surface area (Å²) in [5.74, 6) is 1.02. The zero-order chi connectivity index (χ0) is 20.2. The largest absolute Gasteiger partial charge is 0.440 e. The highest BCUT2D eigenvalue weighted by Crippen LogP contribution is 2.29. The Morgan fingerprint density at radius 2 is 1.97 bits per heavy atom. The number of anilines is 1. The van der Waals surface area contributed by atoms with E-state index in [1.165, 1.54) is 55.4 Å². The lowest BCUT2D eigenvalue weighted by Crippen LogP contribution is -2.23. The maximum absolute atomic E-state index is 12.3. The number of nitrogens with zero attached hydrogens (tertiary/aromatic N) is 3. The fourth-order valence-electron chi connectivity index (χ4n) is 3.34. The number of nitrogens with one attached hydrogen (secondary N) is 1. The average Bonchev–Trinajstić information content (AvgIpc) is 3.27. The van der Waals surface area contributed by atoms with E-state index in [-0.39, 0.29) is 11.6 Å². The molecule has 1 amide bonds. The first-order valence-electron chi connectivity index (χ1n) is 9.46. The average molecular weight is 412 g/mol. The molecule has 3 aromatic rings. The van der Waals surface area contributed by atoms with Crippen molar-refractivity contribution in [2.45, 2.75) is 25.7 Å². The van der Waals surface area contributed by atoms with E-state index in [9.17, 15) is 14.9 Å². The van der Waals surface area contributed by atoms with Crippen molar-refractivity contribution in [1.29, 1.82) is 0 Å². The SMILES string of the molecule is O=C(N/N=C\c1ccc(N2CCCCCC2)o1)c1cc2cc([N+](=O)[O-])ccc2s1. The molecule has 0 unspecified atom stereocenters. The number of carbonyl (C=O) groups excluding carboxylic acids is 1. The summed E-state index contributed by atoms with van der Waals surface area (Å²) >= 11 is 1.26. The number of fused-ring (bicyclic) bond motifs is 1. The Kier molecular flexibility index (Phi) is 5.57. The molecular formula is C20H20N4O4S. The van der Waals surface area contributed by atoms with Crippen LogP contribution >= 0.6 is 11.3 Å². The first-order chi connectivity index (χ1) is 14.1. The van der Waals surface area contributed by atoms with Crippen molar-refractivity contribution in [2.75, 3.05) is 18.0 Å². The van der Waals surface area contributed by atoms with Crippen LogP contribution in [0.15, 0.2) is 45.9 Å². The van der Waals surface area contributed by atoms with Gasteiger partial charge in [-0.2, -0.15) is 5.10 Å². The molecule has 29 heavy (non-hydrogen) atoms. The molecular weight excluding hydrogens is 392 g/mol. The zero-order valence-electron chi connectivity index (χ0n) is 15.7. The van der Waals surface area contributed by atoms with Gasteiger partial charge >= 0.3 is 0 Å². The van der Waals surface area contributed by atoms with Crippen molar-refractivity contribution in [3.05, 3.63) is 57.1 Å². The topological polar surface area (TPSA) is 101 Å². The molecule has 1 aromatic carbocycles. The van der Waals surface area contributed by atoms with Crippen LogP contribution in [0.1, 0.15) is 41.1 Å². The van der Waals surface area contributed by atoms with E-state index in [0.717, 1.165) is 23.7 Å². The zero-order valence-corrected chi connectivity index (χ0v) is 16.5. The van der Waals surface area contributed by atoms with Gasteiger partial charge in [0.1, 0.15) is 5.76 Å². The summed E-state index contributed by atoms with van der Waals surface area (Å²) in [5, 5.41) is 15.5. The highest BCUT2D eigenvalue weighted by atomic mass is 32.1. The summed E-state index contributed by atoms with van der Waals surface area (Å²) < 4.78 is 6.62. The second kappa shape index (κ2) is 8.44. The van der Waals surface area contributed by atoms with Gasteiger partial charge in [0.05, 0.1) is 16.0 Å². The molecule has 0 bridgehead atoms. The molecule has 0 atom stereocenters. The Labute approximate surface area is 171 Å². The predicted molar refractivity (Wildman–Crippen MR) is 113 cm³/mol. The van der Waals surface area contributed by atoms with Gasteiger partial charge in [-0.25, -0.2) is 5.43 Å². The van der Waals surface area contributed by atoms with Gasteiger partial charge < -0.3 is 9.32 Å². The number of benzene rings is 1. The quantitative estimate of drug-likeness (QED) is 0.376. The van der Waals surface area contributed by atoms with Crippen molar-refractivity contribution in [2.24, 2.45) is 5.10 Å². The molecule has 1 fully saturated rings. The number of hydrogen-bond donors (Lipinski definition) is 1. The predicted octanol–water partition coefficient (Wildman–Crippen LogP) is 4.55. The van der Waals surface area contributed by atoms with Crippen LogP contribution in [0, 0.1) is 10.1 Å². The van der Waals surface area contributed by atoms with E-state index in [1.54, 1.807) is 12.1 Å². The lowest BCUT2D eigenvalue weighted by Gasteiger charge is -2.18. The fourth-order valence-corrected chi connectivity index (χ4v) is 4.27. The third-order valence-electron chi connectivity index (χ3n) is 4.82. The Balaban J connectivity index is 1.39. The van der Waals surface area contributed by atoms with Crippen molar-refractivity contribution in [3.8, 4) is 0 Å². The Hall–Kier alpha value is -3.20. The Bertz CT molecular complexity index is 1060. The number of carbonyl (C=O) groups is 1. The summed E-state index contributed by atoms with van der Waals surface area (Å²) in [6.07, 6.45) is 6.31. The number of hydrazone groups is 1. The van der Waals surface area contributed by atoms with Gasteiger partial charge in [0, 0.05) is 41.4 Å². The van der Waals surface area contributed by atoms with Gasteiger partial charge in [-0.05, 0) is 31.0 Å². The Morgan fingerprint density at radius 1 is 1.17 bits per heavy atom. The van der Waals surface area contributed by atoms with Crippen molar-refractivity contribution >= 4 is 45.1 Å². The monoisotopic (exact) mass is 412 g/mol. The first-order valence-corrected chi connectivity index (χ1v) is 10.3. The van der Waals surface area contributed by atoms with Crippen LogP contribution in [-0.2, 0) is 0 Å². The van der Waals surface area contributed by atoms with Crippen LogP contribution in [0.5, 0.6) is 0 Å². The lowest BCUT2D eigenvalue weighted by atomic mass is 10.2. The smallest absolute Gasteiger partial charge is 0.281 e. The number of rotatable bonds is 5. The molecule has 8 nitrogen and oxygen atoms in total. The first kappa shape index (κ1) is 19.1. The van der Waals surface area contributed by atoms with Crippen LogP contribution in [-0.4, -0.2) is 30.1 Å². The van der Waals surface area contributed by atoms with Gasteiger partial charge in [0.2, 0.25) is 0 Å². The summed E-state index contributed by atoms with van der Waals surface area (Å²) in [4.78, 5) is 25.4. The minimum atomic E-state index is -0.454. The summed E-state index contributed by atoms with van der Waals surface area (Å²) in [6.45, 7) is 1.98. The van der Waals surface area contributed by atoms with E-state index in [0.29, 0.717) is 16.0 Å². The number of nitro groups is 1. The molecule has 150 valence electrons. The van der Waals surface area contributed by atoms with E-state index >= 15 is 0 Å². The van der Waals surface area contributed by atoms with E-state index < -0.39 is 4.92 Å². The van der Waals surface area contributed by atoms with Crippen LogP contribution < -0.4 is 10.3 Å². The molecule has 0 radical (unpaired) electrons. The number of amides is 1. The van der Waals surface area contributed by atoms with Crippen molar-refractivity contribution < 1.29 is 14.1 Å². The summed E-state index contributed by atoms with van der Waals surface area (Å²) in [5.41, 5.74) is 2.48. The molecule has 4 rings (SSSR count). The second-order valence-corrected chi connectivity index (χ2v) is 7.95. The van der Waals surface area contributed by atoms with E-state index in [1.807, 2.05) is 12.1 Å². The van der Waals surface area contributed by atoms with Gasteiger partial charge in [-0.15, -0.1) is 11.3 Å². The number of non-ortho nitro benzene ring substituents is 1. The second-order valence-electron chi connectivity index (χ2n) is 6.87. The van der Waals surface area contributed by atoms with Crippen LogP contribution in [0.4, 0.5) is 11.6 Å². The molecule has 0 saturated carbocycles. The number of nitro benzene ring substituents is 1. The highest BCUT2D eigenvalue weighted by Gasteiger charge is 2.14. The molecule has 0 aliphatic carbocycles. The molecule has 1 N–H and O–H groups in total. The number of hydrogen-bond acceptors (Lipinski definition) is 7. The normalized spacial score (nSPS) is 15.0. The number of thiophene rings is 1. The highest BCUT2D eigenvalue weighted by molar-refractivity contribution is 7.20. The Morgan fingerprint density at radius 3 is 2.72 bits per heavy atom. The molecule has 0 spiro atoms. The van der Waals surface area contributed by atoms with Gasteiger partial charge in [0.25, 0.3) is 11.6 Å². The number of furan rings is 1. The molecule has 2 aromatic heterocycles. The fraction of sp³-hybridized carbons (Fsp3) is 0.300. The van der Waals surface area contributed by atoms with Crippen molar-refractivity contribution in [1.82, 2.24) is 5.43 Å². The van der Waals surface area contributed by atoms with Crippen LogP contribution in [0.2, 0.25) is 0 Å². The maximum atomic E-state index is 12.3. The summed E-state index contributed by atoms with van der Waals surface area (Å²) in [7, 11) is 0. The van der Waals surface area contributed by atoms with Crippen LogP contribution in [0.25, 0.3) is 10.1 Å². The third kappa shape index (κ3) is 4.45. The third-order valence-corrected chi connectivity index (χ3v) is 5.94. The van der Waals surface area contributed by atoms with Crippen LogP contribution in [0.3, 0.4) is 0 Å². The molecule has 1 aliphatic heterocycles. The van der Waals surface area contributed by atoms with E-state index in [2.05, 4.69) is 15.4 Å². The van der Waals surface area contributed by atoms with Gasteiger partial charge in [-0.1, -0.05) is 12.8 Å². The standard InChI is InChI=1S/C20H20N4O4S/c25-20(18-12-14-11-15(24(26)27)5-7-17(14)29-18)22-21-13-16-6-8-19(28-16)23-9-3-1-2-4-10-23/h5-8,11-13H,1-4,9-10H2,(H,22,25)/b21-13-.